The second kappa shape index (κ2) is 9.69. The van der Waals surface area contributed by atoms with Crippen molar-refractivity contribution < 1.29 is 32.3 Å². The Kier molecular flexibility index (Phi) is 7.55. The van der Waals surface area contributed by atoms with Crippen LogP contribution < -0.4 is 0 Å². The predicted molar refractivity (Wildman–Crippen MR) is 102 cm³/mol. The second-order valence-corrected chi connectivity index (χ2v) is 7.02. The van der Waals surface area contributed by atoms with Gasteiger partial charge in [0.15, 0.2) is 0 Å². The normalized spacial score (nSPS) is 12.2. The number of carbonyl (C=O) groups excluding carboxylic acids is 3. The summed E-state index contributed by atoms with van der Waals surface area (Å²) >= 11 is 3.24. The van der Waals surface area contributed by atoms with Crippen molar-refractivity contribution in [3.63, 3.8) is 0 Å². The van der Waals surface area contributed by atoms with Crippen LogP contribution in [-0.4, -0.2) is 34.9 Å². The maximum absolute atomic E-state index is 13.6. The van der Waals surface area contributed by atoms with Crippen molar-refractivity contribution in [1.82, 2.24) is 4.90 Å². The third-order valence-electron chi connectivity index (χ3n) is 3.94. The number of nitrogens with zero attached hydrogens (tertiary/aromatic N) is 1. The van der Waals surface area contributed by atoms with Crippen LogP contribution in [0.15, 0.2) is 59.1 Å². The number of esters is 1. The van der Waals surface area contributed by atoms with E-state index in [0.29, 0.717) is 5.56 Å². The molecule has 2 aromatic rings. The molecule has 0 aromatic heterocycles. The number of hydrogen-bond acceptors (Lipinski definition) is 4. The first-order valence-corrected chi connectivity index (χ1v) is 9.25. The fraction of sp³-hybridized carbons (Fsp3) is 0.250. The lowest BCUT2D eigenvalue weighted by atomic mass is 10.1. The summed E-state index contributed by atoms with van der Waals surface area (Å²) < 4.78 is 46.5. The van der Waals surface area contributed by atoms with E-state index in [-0.39, 0.29) is 17.1 Å². The van der Waals surface area contributed by atoms with Gasteiger partial charge < -0.3 is 4.74 Å². The molecule has 154 valence electrons. The minimum Gasteiger partial charge on any atom is -0.461 e. The van der Waals surface area contributed by atoms with Crippen molar-refractivity contribution >= 4 is 33.7 Å². The lowest BCUT2D eigenvalue weighted by molar-refractivity contribution is -0.189. The Bertz CT molecular complexity index is 870. The highest BCUT2D eigenvalue weighted by atomic mass is 79.9. The number of hydrogen-bond donors (Lipinski definition) is 0. The monoisotopic (exact) mass is 471 g/mol. The first-order valence-electron chi connectivity index (χ1n) is 8.45. The molecule has 29 heavy (non-hydrogen) atoms. The number of rotatable bonds is 6. The molecule has 5 nitrogen and oxygen atoms in total. The lowest BCUT2D eigenvalue weighted by Gasteiger charge is -2.30. The molecule has 0 saturated carbocycles. The zero-order valence-corrected chi connectivity index (χ0v) is 16.9. The minimum absolute atomic E-state index is 0.0518. The molecule has 0 saturated heterocycles. The molecule has 2 aromatic carbocycles. The number of amides is 2. The average Bonchev–Trinajstić information content (AvgIpc) is 2.66. The Morgan fingerprint density at radius 1 is 1.03 bits per heavy atom. The van der Waals surface area contributed by atoms with Gasteiger partial charge in [-0.05, 0) is 29.8 Å². The van der Waals surface area contributed by atoms with Gasteiger partial charge in [0.25, 0.3) is 5.91 Å². The number of carbonyl (C=O) groups is 3. The van der Waals surface area contributed by atoms with E-state index in [1.54, 1.807) is 30.3 Å². The Hall–Kier alpha value is -2.68. The van der Waals surface area contributed by atoms with Crippen molar-refractivity contribution in [1.29, 1.82) is 0 Å². The number of ether oxygens (including phenoxy) is 1. The zero-order valence-electron chi connectivity index (χ0n) is 15.3. The smallest absolute Gasteiger partial charge is 0.409 e. The van der Waals surface area contributed by atoms with Gasteiger partial charge in [-0.3, -0.25) is 19.3 Å². The second-order valence-electron chi connectivity index (χ2n) is 6.11. The van der Waals surface area contributed by atoms with Gasteiger partial charge in [-0.2, -0.15) is 13.2 Å². The Balaban J connectivity index is 2.17. The van der Waals surface area contributed by atoms with E-state index in [2.05, 4.69) is 15.9 Å². The number of imide groups is 1. The molecular formula is C20H17BrF3NO4. The summed E-state index contributed by atoms with van der Waals surface area (Å²) in [5.41, 5.74) is 0.481. The van der Waals surface area contributed by atoms with E-state index in [1.807, 2.05) is 0 Å². The SMILES string of the molecule is CC(=O)N(C(=O)c1ccccc1)C(CC(=O)OCc1ccc(Br)cc1)C(F)(F)F. The standard InChI is InChI=1S/C20H17BrF3NO4/c1-13(26)25(19(28)15-5-3-2-4-6-15)17(20(22,23)24)11-18(27)29-12-14-7-9-16(21)10-8-14/h2-10,17H,11-12H2,1H3. The largest absolute Gasteiger partial charge is 0.461 e. The summed E-state index contributed by atoms with van der Waals surface area (Å²) in [5, 5.41) is 0. The summed E-state index contributed by atoms with van der Waals surface area (Å²) in [5.74, 6) is -3.44. The molecule has 0 spiro atoms. The van der Waals surface area contributed by atoms with Crippen molar-refractivity contribution in [2.45, 2.75) is 32.2 Å². The average molecular weight is 472 g/mol. The maximum Gasteiger partial charge on any atom is 0.409 e. The maximum atomic E-state index is 13.6. The molecule has 0 aliphatic rings. The lowest BCUT2D eigenvalue weighted by Crippen LogP contribution is -2.52. The Morgan fingerprint density at radius 3 is 2.14 bits per heavy atom. The van der Waals surface area contributed by atoms with Gasteiger partial charge in [-0.15, -0.1) is 0 Å². The molecule has 0 radical (unpaired) electrons. The van der Waals surface area contributed by atoms with Crippen LogP contribution in [-0.2, 0) is 20.9 Å². The molecule has 0 N–H and O–H groups in total. The zero-order chi connectivity index (χ0) is 21.6. The summed E-state index contributed by atoms with van der Waals surface area (Å²) in [6.07, 6.45) is -6.20. The van der Waals surface area contributed by atoms with Crippen LogP contribution in [0, 0.1) is 0 Å². The first-order chi connectivity index (χ1) is 13.6. The van der Waals surface area contributed by atoms with Crippen molar-refractivity contribution in [3.8, 4) is 0 Å². The molecule has 0 fully saturated rings. The molecule has 1 atom stereocenters. The van der Waals surface area contributed by atoms with Gasteiger partial charge in [0.05, 0.1) is 6.42 Å². The third kappa shape index (κ3) is 6.42. The van der Waals surface area contributed by atoms with Crippen LogP contribution in [0.2, 0.25) is 0 Å². The van der Waals surface area contributed by atoms with Crippen LogP contribution in [0.25, 0.3) is 0 Å². The highest BCUT2D eigenvalue weighted by molar-refractivity contribution is 9.10. The molecule has 1 unspecified atom stereocenters. The van der Waals surface area contributed by atoms with Crippen LogP contribution in [0.5, 0.6) is 0 Å². The molecule has 9 heteroatoms. The molecule has 0 bridgehead atoms. The highest BCUT2D eigenvalue weighted by Gasteiger charge is 2.48. The first kappa shape index (κ1) is 22.6. The van der Waals surface area contributed by atoms with E-state index >= 15 is 0 Å². The Morgan fingerprint density at radius 2 is 1.62 bits per heavy atom. The fourth-order valence-corrected chi connectivity index (χ4v) is 2.80. The number of halogens is 4. The molecule has 2 amide bonds. The van der Waals surface area contributed by atoms with E-state index < -0.39 is 36.4 Å². The molecule has 0 aliphatic carbocycles. The topological polar surface area (TPSA) is 63.7 Å². The van der Waals surface area contributed by atoms with Gasteiger partial charge in [0.1, 0.15) is 12.6 Å². The van der Waals surface area contributed by atoms with Gasteiger partial charge in [0.2, 0.25) is 5.91 Å². The number of benzene rings is 2. The van der Waals surface area contributed by atoms with Crippen LogP contribution in [0.1, 0.15) is 29.3 Å². The van der Waals surface area contributed by atoms with Crippen molar-refractivity contribution in [2.75, 3.05) is 0 Å². The van der Waals surface area contributed by atoms with Gasteiger partial charge in [0, 0.05) is 17.0 Å². The Labute approximate surface area is 173 Å². The van der Waals surface area contributed by atoms with Gasteiger partial charge in [-0.25, -0.2) is 0 Å². The van der Waals surface area contributed by atoms with Gasteiger partial charge >= 0.3 is 12.1 Å². The quantitative estimate of drug-likeness (QED) is 0.581. The van der Waals surface area contributed by atoms with Crippen LogP contribution >= 0.6 is 15.9 Å². The van der Waals surface area contributed by atoms with E-state index in [9.17, 15) is 27.6 Å². The third-order valence-corrected chi connectivity index (χ3v) is 4.47. The molecular weight excluding hydrogens is 455 g/mol. The fourth-order valence-electron chi connectivity index (χ4n) is 2.54. The molecule has 2 rings (SSSR count). The summed E-state index contributed by atoms with van der Waals surface area (Å²) in [7, 11) is 0. The van der Waals surface area contributed by atoms with Crippen molar-refractivity contribution in [2.24, 2.45) is 0 Å². The molecule has 0 heterocycles. The number of alkyl halides is 3. The predicted octanol–water partition coefficient (Wildman–Crippen LogP) is 4.50. The van der Waals surface area contributed by atoms with E-state index in [4.69, 9.17) is 4.74 Å². The van der Waals surface area contributed by atoms with Crippen LogP contribution in [0.4, 0.5) is 13.2 Å². The summed E-state index contributed by atoms with van der Waals surface area (Å²) in [6, 6.07) is 11.1. The van der Waals surface area contributed by atoms with E-state index in [0.717, 1.165) is 11.4 Å². The van der Waals surface area contributed by atoms with Crippen molar-refractivity contribution in [3.05, 3.63) is 70.2 Å². The molecule has 0 aliphatic heterocycles. The summed E-state index contributed by atoms with van der Waals surface area (Å²) in [6.45, 7) is 0.607. The van der Waals surface area contributed by atoms with Gasteiger partial charge in [-0.1, -0.05) is 46.3 Å². The highest BCUT2D eigenvalue weighted by Crippen LogP contribution is 2.29. The van der Waals surface area contributed by atoms with Crippen LogP contribution in [0.3, 0.4) is 0 Å². The minimum atomic E-state index is -5.01. The van der Waals surface area contributed by atoms with E-state index in [1.165, 1.54) is 24.3 Å². The summed E-state index contributed by atoms with van der Waals surface area (Å²) in [4.78, 5) is 36.5.